The first-order valence-corrected chi connectivity index (χ1v) is 5.92. The Morgan fingerprint density at radius 2 is 2.28 bits per heavy atom. The van der Waals surface area contributed by atoms with Crippen molar-refractivity contribution < 1.29 is 9.26 Å². The molecule has 0 aliphatic rings. The highest BCUT2D eigenvalue weighted by Crippen LogP contribution is 2.26. The molecule has 96 valence electrons. The maximum absolute atomic E-state index is 6.12. The van der Waals surface area contributed by atoms with E-state index in [0.29, 0.717) is 23.3 Å². The van der Waals surface area contributed by atoms with Crippen LogP contribution in [0, 0.1) is 6.92 Å². The SMILES string of the molecule is CNCc1c(Cl)cccc1OCc1noc(C)n1. The highest BCUT2D eigenvalue weighted by Gasteiger charge is 2.09. The summed E-state index contributed by atoms with van der Waals surface area (Å²) in [4.78, 5) is 4.07. The number of aromatic nitrogens is 2. The number of rotatable bonds is 5. The Labute approximate surface area is 110 Å². The van der Waals surface area contributed by atoms with Gasteiger partial charge in [0.15, 0.2) is 6.61 Å². The van der Waals surface area contributed by atoms with Crippen LogP contribution in [0.25, 0.3) is 0 Å². The molecule has 1 N–H and O–H groups in total. The summed E-state index contributed by atoms with van der Waals surface area (Å²) in [5.74, 6) is 1.76. The summed E-state index contributed by atoms with van der Waals surface area (Å²) in [6, 6.07) is 5.55. The molecular weight excluding hydrogens is 254 g/mol. The van der Waals surface area contributed by atoms with Crippen molar-refractivity contribution in [3.8, 4) is 5.75 Å². The number of aryl methyl sites for hydroxylation is 1. The van der Waals surface area contributed by atoms with Crippen LogP contribution in [0.15, 0.2) is 22.7 Å². The number of hydrogen-bond donors (Lipinski definition) is 1. The lowest BCUT2D eigenvalue weighted by molar-refractivity contribution is 0.282. The summed E-state index contributed by atoms with van der Waals surface area (Å²) in [5.41, 5.74) is 0.918. The number of nitrogens with zero attached hydrogens (tertiary/aromatic N) is 2. The number of hydrogen-bond acceptors (Lipinski definition) is 5. The van der Waals surface area contributed by atoms with Crippen LogP contribution in [0.5, 0.6) is 5.75 Å². The second-order valence-corrected chi connectivity index (χ2v) is 4.17. The summed E-state index contributed by atoms with van der Waals surface area (Å²) in [6.07, 6.45) is 0. The maximum Gasteiger partial charge on any atom is 0.223 e. The fourth-order valence-corrected chi connectivity index (χ4v) is 1.80. The third-order valence-corrected chi connectivity index (χ3v) is 2.71. The highest BCUT2D eigenvalue weighted by atomic mass is 35.5. The van der Waals surface area contributed by atoms with E-state index in [1.165, 1.54) is 0 Å². The van der Waals surface area contributed by atoms with Gasteiger partial charge >= 0.3 is 0 Å². The fraction of sp³-hybridized carbons (Fsp3) is 0.333. The average molecular weight is 268 g/mol. The van der Waals surface area contributed by atoms with E-state index in [2.05, 4.69) is 15.5 Å². The smallest absolute Gasteiger partial charge is 0.223 e. The van der Waals surface area contributed by atoms with Gasteiger partial charge < -0.3 is 14.6 Å². The predicted octanol–water partition coefficient (Wildman–Crippen LogP) is 2.33. The molecule has 5 nitrogen and oxygen atoms in total. The number of ether oxygens (including phenoxy) is 1. The minimum atomic E-state index is 0.258. The van der Waals surface area contributed by atoms with Crippen molar-refractivity contribution in [3.63, 3.8) is 0 Å². The predicted molar refractivity (Wildman–Crippen MR) is 67.6 cm³/mol. The molecule has 0 bridgehead atoms. The Morgan fingerprint density at radius 3 is 2.94 bits per heavy atom. The van der Waals surface area contributed by atoms with Crippen LogP contribution in [0.1, 0.15) is 17.3 Å². The molecule has 0 saturated carbocycles. The van der Waals surface area contributed by atoms with Gasteiger partial charge in [-0.25, -0.2) is 0 Å². The van der Waals surface area contributed by atoms with Gasteiger partial charge in [-0.3, -0.25) is 0 Å². The molecule has 18 heavy (non-hydrogen) atoms. The Hall–Kier alpha value is -1.59. The largest absolute Gasteiger partial charge is 0.485 e. The molecule has 2 rings (SSSR count). The third kappa shape index (κ3) is 3.00. The van der Waals surface area contributed by atoms with Gasteiger partial charge in [0.1, 0.15) is 5.75 Å². The molecule has 0 aliphatic heterocycles. The van der Waals surface area contributed by atoms with E-state index in [1.807, 2.05) is 25.2 Å². The summed E-state index contributed by atoms with van der Waals surface area (Å²) in [6.45, 7) is 2.64. The van der Waals surface area contributed by atoms with Crippen LogP contribution in [0.4, 0.5) is 0 Å². The van der Waals surface area contributed by atoms with Crippen LogP contribution in [-0.4, -0.2) is 17.2 Å². The molecule has 0 atom stereocenters. The second-order valence-electron chi connectivity index (χ2n) is 3.77. The zero-order chi connectivity index (χ0) is 13.0. The number of halogens is 1. The van der Waals surface area contributed by atoms with Gasteiger partial charge in [-0.05, 0) is 19.2 Å². The molecule has 0 amide bonds. The molecule has 1 aromatic carbocycles. The molecule has 0 radical (unpaired) electrons. The van der Waals surface area contributed by atoms with E-state index in [4.69, 9.17) is 20.9 Å². The monoisotopic (exact) mass is 267 g/mol. The van der Waals surface area contributed by atoms with Crippen molar-refractivity contribution in [1.29, 1.82) is 0 Å². The third-order valence-electron chi connectivity index (χ3n) is 2.36. The van der Waals surface area contributed by atoms with E-state index < -0.39 is 0 Å². The minimum Gasteiger partial charge on any atom is -0.485 e. The van der Waals surface area contributed by atoms with Crippen LogP contribution in [-0.2, 0) is 13.2 Å². The van der Waals surface area contributed by atoms with Crippen molar-refractivity contribution >= 4 is 11.6 Å². The molecule has 2 aromatic rings. The van der Waals surface area contributed by atoms with Crippen LogP contribution >= 0.6 is 11.6 Å². The minimum absolute atomic E-state index is 0.258. The lowest BCUT2D eigenvalue weighted by Crippen LogP contribution is -2.08. The zero-order valence-electron chi connectivity index (χ0n) is 10.2. The van der Waals surface area contributed by atoms with Gasteiger partial charge in [0, 0.05) is 24.1 Å². The normalized spacial score (nSPS) is 10.6. The van der Waals surface area contributed by atoms with Crippen molar-refractivity contribution in [2.45, 2.75) is 20.1 Å². The first kappa shape index (κ1) is 12.9. The van der Waals surface area contributed by atoms with E-state index in [0.717, 1.165) is 11.3 Å². The number of benzene rings is 1. The molecular formula is C12H14ClN3O2. The summed E-state index contributed by atoms with van der Waals surface area (Å²) in [5, 5.41) is 7.49. The molecule has 1 aromatic heterocycles. The average Bonchev–Trinajstić information content (AvgIpc) is 2.76. The van der Waals surface area contributed by atoms with E-state index in [9.17, 15) is 0 Å². The molecule has 0 spiro atoms. The topological polar surface area (TPSA) is 60.2 Å². The summed E-state index contributed by atoms with van der Waals surface area (Å²) < 4.78 is 10.5. The fourth-order valence-electron chi connectivity index (χ4n) is 1.56. The van der Waals surface area contributed by atoms with Gasteiger partial charge in [-0.15, -0.1) is 0 Å². The second kappa shape index (κ2) is 5.84. The standard InChI is InChI=1S/C12H14ClN3O2/c1-8-15-12(16-18-8)7-17-11-5-3-4-10(13)9(11)6-14-2/h3-5,14H,6-7H2,1-2H3. The van der Waals surface area contributed by atoms with E-state index >= 15 is 0 Å². The first-order chi connectivity index (χ1) is 8.70. The molecule has 6 heteroatoms. The van der Waals surface area contributed by atoms with Gasteiger partial charge in [0.25, 0.3) is 0 Å². The molecule has 0 saturated heterocycles. The molecule has 1 heterocycles. The molecule has 0 unspecified atom stereocenters. The van der Waals surface area contributed by atoms with Crippen molar-refractivity contribution in [2.75, 3.05) is 7.05 Å². The quantitative estimate of drug-likeness (QED) is 0.901. The highest BCUT2D eigenvalue weighted by molar-refractivity contribution is 6.31. The van der Waals surface area contributed by atoms with Crippen molar-refractivity contribution in [2.24, 2.45) is 0 Å². The molecule has 0 aliphatic carbocycles. The maximum atomic E-state index is 6.12. The van der Waals surface area contributed by atoms with Crippen LogP contribution in [0.2, 0.25) is 5.02 Å². The van der Waals surface area contributed by atoms with E-state index in [1.54, 1.807) is 6.92 Å². The summed E-state index contributed by atoms with van der Waals surface area (Å²) in [7, 11) is 1.86. The lowest BCUT2D eigenvalue weighted by Gasteiger charge is -2.11. The first-order valence-electron chi connectivity index (χ1n) is 5.54. The Balaban J connectivity index is 2.11. The van der Waals surface area contributed by atoms with Crippen molar-refractivity contribution in [1.82, 2.24) is 15.5 Å². The molecule has 0 fully saturated rings. The van der Waals surface area contributed by atoms with Gasteiger partial charge in [0.2, 0.25) is 11.7 Å². The van der Waals surface area contributed by atoms with Gasteiger partial charge in [-0.1, -0.05) is 22.8 Å². The van der Waals surface area contributed by atoms with Gasteiger partial charge in [-0.2, -0.15) is 4.98 Å². The zero-order valence-corrected chi connectivity index (χ0v) is 11.0. The van der Waals surface area contributed by atoms with E-state index in [-0.39, 0.29) is 6.61 Å². The Bertz CT molecular complexity index is 528. The van der Waals surface area contributed by atoms with Crippen LogP contribution < -0.4 is 10.1 Å². The number of nitrogens with one attached hydrogen (secondary N) is 1. The summed E-state index contributed by atoms with van der Waals surface area (Å²) >= 11 is 6.12. The van der Waals surface area contributed by atoms with Gasteiger partial charge in [0.05, 0.1) is 0 Å². The Morgan fingerprint density at radius 1 is 1.44 bits per heavy atom. The van der Waals surface area contributed by atoms with Crippen molar-refractivity contribution in [3.05, 3.63) is 40.5 Å². The lowest BCUT2D eigenvalue weighted by atomic mass is 10.2. The Kier molecular flexibility index (Phi) is 4.17. The van der Waals surface area contributed by atoms with Crippen LogP contribution in [0.3, 0.4) is 0 Å².